The van der Waals surface area contributed by atoms with Gasteiger partial charge in [-0.2, -0.15) is 17.5 Å². The Morgan fingerprint density at radius 3 is 2.33 bits per heavy atom. The molecule has 0 atom stereocenters. The molecule has 0 radical (unpaired) electrons. The Morgan fingerprint density at radius 2 is 1.88 bits per heavy atom. The van der Waals surface area contributed by atoms with Gasteiger partial charge in [0.05, 0.1) is 10.6 Å². The zero-order valence-electron chi connectivity index (χ0n) is 12.9. The lowest BCUT2D eigenvalue weighted by Gasteiger charge is -2.31. The maximum absolute atomic E-state index is 12.6. The minimum Gasteiger partial charge on any atom is -0.319 e. The van der Waals surface area contributed by atoms with Gasteiger partial charge in [0.25, 0.3) is 0 Å². The molecule has 0 saturated carbocycles. The molecular formula is C14H19Cl2F3N2O2S. The Morgan fingerprint density at radius 1 is 1.29 bits per heavy atom. The minimum atomic E-state index is -4.56. The average Bonchev–Trinajstić information content (AvgIpc) is 2.47. The largest absolute Gasteiger partial charge is 0.416 e. The Bertz CT molecular complexity index is 660. The van der Waals surface area contributed by atoms with Crippen molar-refractivity contribution >= 4 is 34.0 Å². The van der Waals surface area contributed by atoms with Crippen molar-refractivity contribution in [2.75, 3.05) is 26.7 Å². The predicted molar refractivity (Wildman–Crippen MR) is 89.1 cm³/mol. The summed E-state index contributed by atoms with van der Waals surface area (Å²) in [6.07, 6.45) is -3.14. The number of nitrogens with one attached hydrogen (secondary N) is 1. The van der Waals surface area contributed by atoms with Gasteiger partial charge >= 0.3 is 6.18 Å². The summed E-state index contributed by atoms with van der Waals surface area (Å²) in [5.41, 5.74) is -0.964. The highest BCUT2D eigenvalue weighted by Crippen LogP contribution is 2.35. The number of piperidine rings is 1. The molecule has 1 saturated heterocycles. The van der Waals surface area contributed by atoms with Crippen LogP contribution in [0.3, 0.4) is 0 Å². The van der Waals surface area contributed by atoms with Gasteiger partial charge in [0, 0.05) is 13.1 Å². The van der Waals surface area contributed by atoms with Crippen molar-refractivity contribution < 1.29 is 21.6 Å². The highest BCUT2D eigenvalue weighted by Gasteiger charge is 2.34. The topological polar surface area (TPSA) is 49.4 Å². The third kappa shape index (κ3) is 4.76. The summed E-state index contributed by atoms with van der Waals surface area (Å²) in [6.45, 7) is 1.49. The maximum Gasteiger partial charge on any atom is 0.416 e. The molecule has 1 aliphatic heterocycles. The molecule has 1 aliphatic rings. The number of alkyl halides is 3. The summed E-state index contributed by atoms with van der Waals surface area (Å²) in [4.78, 5) is -0.278. The number of benzene rings is 1. The van der Waals surface area contributed by atoms with Crippen LogP contribution >= 0.6 is 24.0 Å². The summed E-state index contributed by atoms with van der Waals surface area (Å²) in [7, 11) is -2.04. The van der Waals surface area contributed by atoms with Crippen molar-refractivity contribution in [3.05, 3.63) is 28.8 Å². The van der Waals surface area contributed by atoms with E-state index >= 15 is 0 Å². The molecule has 4 nitrogen and oxygen atoms in total. The first-order chi connectivity index (χ1) is 10.7. The van der Waals surface area contributed by atoms with Crippen LogP contribution in [0.4, 0.5) is 13.2 Å². The molecule has 24 heavy (non-hydrogen) atoms. The molecule has 10 heteroatoms. The van der Waals surface area contributed by atoms with E-state index in [9.17, 15) is 21.6 Å². The SMILES string of the molecule is CNCC1CCN(S(=O)(=O)c2ccc(C(F)(F)F)cc2Cl)CC1.Cl. The zero-order valence-corrected chi connectivity index (χ0v) is 15.3. The average molecular weight is 407 g/mol. The normalized spacial score (nSPS) is 17.5. The van der Waals surface area contributed by atoms with E-state index in [1.54, 1.807) is 0 Å². The molecule has 0 aliphatic carbocycles. The standard InChI is InChI=1S/C14H18ClF3N2O2S.ClH/c1-19-9-10-4-6-20(7-5-10)23(21,22)13-3-2-11(8-12(13)15)14(16,17)18;/h2-3,8,10,19H,4-7,9H2,1H3;1H. The van der Waals surface area contributed by atoms with E-state index in [2.05, 4.69) is 5.32 Å². The lowest BCUT2D eigenvalue weighted by Crippen LogP contribution is -2.40. The van der Waals surface area contributed by atoms with Crippen molar-refractivity contribution in [2.45, 2.75) is 23.9 Å². The lowest BCUT2D eigenvalue weighted by atomic mass is 9.98. The maximum atomic E-state index is 12.6. The van der Waals surface area contributed by atoms with Gasteiger partial charge in [0.15, 0.2) is 0 Å². The number of nitrogens with zero attached hydrogens (tertiary/aromatic N) is 1. The van der Waals surface area contributed by atoms with E-state index in [-0.39, 0.29) is 17.3 Å². The third-order valence-corrected chi connectivity index (χ3v) is 6.32. The number of sulfonamides is 1. The van der Waals surface area contributed by atoms with Crippen LogP contribution in [0.5, 0.6) is 0 Å². The number of halogens is 5. The highest BCUT2D eigenvalue weighted by molar-refractivity contribution is 7.89. The highest BCUT2D eigenvalue weighted by atomic mass is 35.5. The molecule has 0 aromatic heterocycles. The first kappa shape index (κ1) is 21.5. The molecule has 0 unspecified atom stereocenters. The van der Waals surface area contributed by atoms with Crippen LogP contribution in [-0.2, 0) is 16.2 Å². The van der Waals surface area contributed by atoms with Crippen LogP contribution in [0.15, 0.2) is 23.1 Å². The molecule has 0 amide bonds. The van der Waals surface area contributed by atoms with Gasteiger partial charge in [-0.05, 0) is 50.6 Å². The first-order valence-electron chi connectivity index (χ1n) is 7.17. The predicted octanol–water partition coefficient (Wildman–Crippen LogP) is 3.40. The molecule has 138 valence electrons. The van der Waals surface area contributed by atoms with E-state index in [1.807, 2.05) is 7.05 Å². The lowest BCUT2D eigenvalue weighted by molar-refractivity contribution is -0.137. The molecule has 1 N–H and O–H groups in total. The Hall–Kier alpha value is -0.540. The molecule has 1 aromatic carbocycles. The van der Waals surface area contributed by atoms with Gasteiger partial charge in [-0.3, -0.25) is 0 Å². The fourth-order valence-electron chi connectivity index (χ4n) is 2.67. The van der Waals surface area contributed by atoms with Crippen LogP contribution in [0.25, 0.3) is 0 Å². The van der Waals surface area contributed by atoms with Gasteiger partial charge in [0.1, 0.15) is 4.90 Å². The second-order valence-electron chi connectivity index (χ2n) is 5.55. The van der Waals surface area contributed by atoms with Gasteiger partial charge < -0.3 is 5.32 Å². The molecular weight excluding hydrogens is 388 g/mol. The summed E-state index contributed by atoms with van der Waals surface area (Å²) in [5.74, 6) is 0.398. The molecule has 1 aromatic rings. The second-order valence-corrected chi connectivity index (χ2v) is 7.86. The van der Waals surface area contributed by atoms with Gasteiger partial charge in [0.2, 0.25) is 10.0 Å². The summed E-state index contributed by atoms with van der Waals surface area (Å²) in [5, 5.41) is 2.65. The van der Waals surface area contributed by atoms with Gasteiger partial charge in [-0.25, -0.2) is 8.42 Å². The molecule has 0 bridgehead atoms. The molecule has 2 rings (SSSR count). The van der Waals surface area contributed by atoms with Crippen molar-refractivity contribution in [1.29, 1.82) is 0 Å². The molecule has 1 heterocycles. The van der Waals surface area contributed by atoms with E-state index in [4.69, 9.17) is 11.6 Å². The van der Waals surface area contributed by atoms with Crippen LogP contribution in [0, 0.1) is 5.92 Å². The van der Waals surface area contributed by atoms with E-state index < -0.39 is 26.8 Å². The fourth-order valence-corrected chi connectivity index (χ4v) is 4.66. The fraction of sp³-hybridized carbons (Fsp3) is 0.571. The van der Waals surface area contributed by atoms with Crippen molar-refractivity contribution in [3.63, 3.8) is 0 Å². The molecule has 0 spiro atoms. The quantitative estimate of drug-likeness (QED) is 0.833. The Kier molecular flexibility index (Phi) is 7.37. The van der Waals surface area contributed by atoms with Crippen LogP contribution in [0.1, 0.15) is 18.4 Å². The van der Waals surface area contributed by atoms with Crippen LogP contribution in [0.2, 0.25) is 5.02 Å². The van der Waals surface area contributed by atoms with Crippen LogP contribution < -0.4 is 5.32 Å². The summed E-state index contributed by atoms with van der Waals surface area (Å²) in [6, 6.07) is 2.33. The van der Waals surface area contributed by atoms with Crippen molar-refractivity contribution in [3.8, 4) is 0 Å². The Labute approximate surface area is 150 Å². The number of hydrogen-bond acceptors (Lipinski definition) is 3. The van der Waals surface area contributed by atoms with Crippen molar-refractivity contribution in [1.82, 2.24) is 9.62 Å². The van der Waals surface area contributed by atoms with Crippen LogP contribution in [-0.4, -0.2) is 39.4 Å². The molecule has 1 fully saturated rings. The minimum absolute atomic E-state index is 0. The summed E-state index contributed by atoms with van der Waals surface area (Å²) < 4.78 is 64.4. The second kappa shape index (κ2) is 8.23. The van der Waals surface area contributed by atoms with Gasteiger partial charge in [-0.15, -0.1) is 12.4 Å². The number of rotatable bonds is 4. The van der Waals surface area contributed by atoms with Gasteiger partial charge in [-0.1, -0.05) is 11.6 Å². The van der Waals surface area contributed by atoms with Crippen molar-refractivity contribution in [2.24, 2.45) is 5.92 Å². The zero-order chi connectivity index (χ0) is 17.3. The first-order valence-corrected chi connectivity index (χ1v) is 8.99. The number of hydrogen-bond donors (Lipinski definition) is 1. The Balaban J connectivity index is 0.00000288. The summed E-state index contributed by atoms with van der Waals surface area (Å²) >= 11 is 5.80. The van der Waals surface area contributed by atoms with E-state index in [0.717, 1.165) is 18.7 Å². The monoisotopic (exact) mass is 406 g/mol. The smallest absolute Gasteiger partial charge is 0.319 e. The van der Waals surface area contributed by atoms with E-state index in [1.165, 1.54) is 4.31 Å². The van der Waals surface area contributed by atoms with E-state index in [0.29, 0.717) is 37.9 Å². The third-order valence-electron chi connectivity index (χ3n) is 3.94.